The van der Waals surface area contributed by atoms with Gasteiger partial charge in [0.1, 0.15) is 0 Å². The number of rotatable bonds is 2. The minimum atomic E-state index is -0.428. The van der Waals surface area contributed by atoms with Gasteiger partial charge in [-0.25, -0.2) is 0 Å². The van der Waals surface area contributed by atoms with Gasteiger partial charge in [-0.2, -0.15) is 0 Å². The minimum Gasteiger partial charge on any atom is -0.388 e. The van der Waals surface area contributed by atoms with Gasteiger partial charge in [0, 0.05) is 10.0 Å². The Morgan fingerprint density at radius 3 is 2.88 bits per heavy atom. The largest absolute Gasteiger partial charge is 0.388 e. The van der Waals surface area contributed by atoms with Crippen LogP contribution in [0.4, 0.5) is 0 Å². The third kappa shape index (κ3) is 3.04. The van der Waals surface area contributed by atoms with Gasteiger partial charge in [-0.3, -0.25) is 0 Å². The van der Waals surface area contributed by atoms with E-state index >= 15 is 0 Å². The molecule has 17 heavy (non-hydrogen) atoms. The second-order valence-corrected chi connectivity index (χ2v) is 6.35. The summed E-state index contributed by atoms with van der Waals surface area (Å²) in [6.07, 6.45) is 4.28. The molecule has 1 N–H and O–H groups in total. The van der Waals surface area contributed by atoms with Crippen LogP contribution in [0.3, 0.4) is 0 Å². The van der Waals surface area contributed by atoms with Crippen molar-refractivity contribution in [3.63, 3.8) is 0 Å². The molecule has 0 aliphatic heterocycles. The smallest absolute Gasteiger partial charge is 0.0833 e. The molecular weight excluding hydrogens is 300 g/mol. The second kappa shape index (κ2) is 5.73. The molecule has 3 heteroatoms. The highest BCUT2D eigenvalue weighted by Gasteiger charge is 2.27. The Hall–Kier alpha value is -0.0500. The summed E-state index contributed by atoms with van der Waals surface area (Å²) < 4.78 is 0.861. The van der Waals surface area contributed by atoms with E-state index in [0.29, 0.717) is 16.9 Å². The molecule has 1 saturated carbocycles. The highest BCUT2D eigenvalue weighted by atomic mass is 79.9. The van der Waals surface area contributed by atoms with Crippen molar-refractivity contribution >= 4 is 27.5 Å². The molecular formula is C14H18BrClO. The SMILES string of the molecule is CC1CCCC(C(O)c2cccc(Br)c2Cl)C1. The fourth-order valence-corrected chi connectivity index (χ4v) is 3.39. The van der Waals surface area contributed by atoms with Crippen molar-refractivity contribution in [2.45, 2.75) is 38.7 Å². The molecule has 1 aromatic rings. The first-order valence-corrected chi connectivity index (χ1v) is 7.38. The van der Waals surface area contributed by atoms with Crippen LogP contribution in [0.5, 0.6) is 0 Å². The van der Waals surface area contributed by atoms with E-state index in [0.717, 1.165) is 22.9 Å². The summed E-state index contributed by atoms with van der Waals surface area (Å²) >= 11 is 9.64. The molecule has 3 atom stereocenters. The number of benzene rings is 1. The van der Waals surface area contributed by atoms with E-state index in [1.165, 1.54) is 12.8 Å². The lowest BCUT2D eigenvalue weighted by Crippen LogP contribution is -2.20. The Morgan fingerprint density at radius 2 is 2.18 bits per heavy atom. The Balaban J connectivity index is 2.18. The molecule has 1 aliphatic carbocycles. The van der Waals surface area contributed by atoms with Crippen molar-refractivity contribution in [2.75, 3.05) is 0 Å². The quantitative estimate of drug-likeness (QED) is 0.817. The van der Waals surface area contributed by atoms with Gasteiger partial charge in [-0.1, -0.05) is 43.5 Å². The van der Waals surface area contributed by atoms with E-state index in [2.05, 4.69) is 22.9 Å². The molecule has 0 aromatic heterocycles. The Morgan fingerprint density at radius 1 is 1.41 bits per heavy atom. The molecule has 3 unspecified atom stereocenters. The van der Waals surface area contributed by atoms with E-state index < -0.39 is 6.10 Å². The maximum absolute atomic E-state index is 10.5. The van der Waals surface area contributed by atoms with Gasteiger partial charge in [0.25, 0.3) is 0 Å². The van der Waals surface area contributed by atoms with Gasteiger partial charge in [0.05, 0.1) is 11.1 Å². The summed E-state index contributed by atoms with van der Waals surface area (Å²) in [4.78, 5) is 0. The summed E-state index contributed by atoms with van der Waals surface area (Å²) in [6, 6.07) is 5.76. The highest BCUT2D eigenvalue weighted by molar-refractivity contribution is 9.10. The van der Waals surface area contributed by atoms with E-state index in [1.807, 2.05) is 18.2 Å². The molecule has 0 spiro atoms. The molecule has 0 bridgehead atoms. The topological polar surface area (TPSA) is 20.2 Å². The van der Waals surface area contributed by atoms with Gasteiger partial charge in [-0.05, 0) is 46.7 Å². The average Bonchev–Trinajstić information content (AvgIpc) is 2.32. The van der Waals surface area contributed by atoms with E-state index in [1.54, 1.807) is 0 Å². The predicted molar refractivity (Wildman–Crippen MR) is 75.2 cm³/mol. The molecule has 0 saturated heterocycles. The maximum Gasteiger partial charge on any atom is 0.0833 e. The summed E-state index contributed by atoms with van der Waals surface area (Å²) in [5, 5.41) is 11.1. The van der Waals surface area contributed by atoms with Crippen molar-refractivity contribution < 1.29 is 5.11 Å². The molecule has 0 radical (unpaired) electrons. The number of hydrogen-bond donors (Lipinski definition) is 1. The van der Waals surface area contributed by atoms with Gasteiger partial charge in [-0.15, -0.1) is 0 Å². The monoisotopic (exact) mass is 316 g/mol. The summed E-state index contributed by atoms with van der Waals surface area (Å²) in [5.41, 5.74) is 0.861. The van der Waals surface area contributed by atoms with Crippen LogP contribution >= 0.6 is 27.5 Å². The third-order valence-corrected chi connectivity index (χ3v) is 5.03. The number of halogens is 2. The zero-order valence-electron chi connectivity index (χ0n) is 10.00. The van der Waals surface area contributed by atoms with Crippen LogP contribution in [0.15, 0.2) is 22.7 Å². The molecule has 0 heterocycles. The molecule has 2 rings (SSSR count). The van der Waals surface area contributed by atoms with Gasteiger partial charge < -0.3 is 5.11 Å². The lowest BCUT2D eigenvalue weighted by molar-refractivity contribution is 0.0714. The van der Waals surface area contributed by atoms with Crippen LogP contribution in [-0.2, 0) is 0 Å². The van der Waals surface area contributed by atoms with Crippen LogP contribution in [0.25, 0.3) is 0 Å². The van der Waals surface area contributed by atoms with Gasteiger partial charge in [0.15, 0.2) is 0 Å². The van der Waals surface area contributed by atoms with Crippen LogP contribution in [-0.4, -0.2) is 5.11 Å². The zero-order chi connectivity index (χ0) is 12.4. The van der Waals surface area contributed by atoms with E-state index in [9.17, 15) is 5.11 Å². The van der Waals surface area contributed by atoms with Crippen molar-refractivity contribution in [1.29, 1.82) is 0 Å². The fourth-order valence-electron chi connectivity index (χ4n) is 2.77. The highest BCUT2D eigenvalue weighted by Crippen LogP contribution is 2.40. The van der Waals surface area contributed by atoms with Crippen molar-refractivity contribution in [1.82, 2.24) is 0 Å². The van der Waals surface area contributed by atoms with Crippen molar-refractivity contribution in [3.8, 4) is 0 Å². The van der Waals surface area contributed by atoms with Crippen molar-refractivity contribution in [2.24, 2.45) is 11.8 Å². The number of aliphatic hydroxyl groups excluding tert-OH is 1. The predicted octanol–water partition coefficient (Wildman–Crippen LogP) is 4.96. The molecule has 1 aliphatic rings. The minimum absolute atomic E-state index is 0.352. The first-order valence-electron chi connectivity index (χ1n) is 6.21. The maximum atomic E-state index is 10.5. The van der Waals surface area contributed by atoms with E-state index in [4.69, 9.17) is 11.6 Å². The number of aliphatic hydroxyl groups is 1. The fraction of sp³-hybridized carbons (Fsp3) is 0.571. The van der Waals surface area contributed by atoms with Gasteiger partial charge in [0.2, 0.25) is 0 Å². The molecule has 1 aromatic carbocycles. The van der Waals surface area contributed by atoms with Crippen LogP contribution in [0, 0.1) is 11.8 Å². The third-order valence-electron chi connectivity index (χ3n) is 3.72. The number of hydrogen-bond acceptors (Lipinski definition) is 1. The van der Waals surface area contributed by atoms with Crippen LogP contribution in [0.2, 0.25) is 5.02 Å². The van der Waals surface area contributed by atoms with Crippen LogP contribution in [0.1, 0.15) is 44.3 Å². The molecule has 1 fully saturated rings. The van der Waals surface area contributed by atoms with Crippen LogP contribution < -0.4 is 0 Å². The lowest BCUT2D eigenvalue weighted by Gasteiger charge is -2.31. The lowest BCUT2D eigenvalue weighted by atomic mass is 9.78. The first kappa shape index (κ1) is 13.4. The Bertz CT molecular complexity index is 394. The van der Waals surface area contributed by atoms with E-state index in [-0.39, 0.29) is 0 Å². The Labute approximate surface area is 116 Å². The second-order valence-electron chi connectivity index (χ2n) is 5.12. The summed E-state index contributed by atoms with van der Waals surface area (Å²) in [5.74, 6) is 1.07. The standard InChI is InChI=1S/C14H18BrClO/c1-9-4-2-5-10(8-9)14(17)11-6-3-7-12(15)13(11)16/h3,6-7,9-10,14,17H,2,4-5,8H2,1H3. The normalized spacial score (nSPS) is 26.8. The molecule has 1 nitrogen and oxygen atoms in total. The Kier molecular flexibility index (Phi) is 4.51. The summed E-state index contributed by atoms with van der Waals surface area (Å²) in [7, 11) is 0. The first-order chi connectivity index (χ1) is 8.09. The zero-order valence-corrected chi connectivity index (χ0v) is 12.3. The van der Waals surface area contributed by atoms with Crippen molar-refractivity contribution in [3.05, 3.63) is 33.3 Å². The van der Waals surface area contributed by atoms with Gasteiger partial charge >= 0.3 is 0 Å². The molecule has 94 valence electrons. The summed E-state index contributed by atoms with van der Waals surface area (Å²) in [6.45, 7) is 2.27. The average molecular weight is 318 g/mol. The molecule has 0 amide bonds.